The number of aryl methyl sites for hydroxylation is 1. The lowest BCUT2D eigenvalue weighted by molar-refractivity contribution is 0.0912. The van der Waals surface area contributed by atoms with Gasteiger partial charge in [0.2, 0.25) is 11.8 Å². The van der Waals surface area contributed by atoms with Crippen molar-refractivity contribution < 1.29 is 14.6 Å². The van der Waals surface area contributed by atoms with Gasteiger partial charge in [-0.05, 0) is 6.92 Å². The van der Waals surface area contributed by atoms with Gasteiger partial charge in [-0.25, -0.2) is 4.68 Å². The van der Waals surface area contributed by atoms with Gasteiger partial charge in [0, 0.05) is 18.7 Å². The van der Waals surface area contributed by atoms with E-state index < -0.39 is 6.10 Å². The Hall–Kier alpha value is -1.07. The van der Waals surface area contributed by atoms with E-state index in [-0.39, 0.29) is 18.4 Å². The van der Waals surface area contributed by atoms with Crippen molar-refractivity contribution in [2.75, 3.05) is 12.5 Å². The van der Waals surface area contributed by atoms with Crippen molar-refractivity contribution in [3.63, 3.8) is 0 Å². The van der Waals surface area contributed by atoms with Gasteiger partial charge in [-0.1, -0.05) is 0 Å². The maximum absolute atomic E-state index is 11.0. The largest absolute Gasteiger partial charge is 0.474 e. The van der Waals surface area contributed by atoms with Crippen molar-refractivity contribution in [2.24, 2.45) is 0 Å². The summed E-state index contributed by atoms with van der Waals surface area (Å²) >= 11 is 5.40. The summed E-state index contributed by atoms with van der Waals surface area (Å²) in [5.41, 5.74) is 0.692. The number of aromatic nitrogens is 2. The second-order valence-corrected chi connectivity index (χ2v) is 3.48. The molecule has 84 valence electrons. The number of aliphatic hydroxyl groups is 1. The van der Waals surface area contributed by atoms with Crippen LogP contribution < -0.4 is 4.74 Å². The topological polar surface area (TPSA) is 64.4 Å². The van der Waals surface area contributed by atoms with E-state index in [9.17, 15) is 4.79 Å². The molecule has 1 N–H and O–H groups in total. The number of hydrogen-bond acceptors (Lipinski definition) is 4. The Kier molecular flexibility index (Phi) is 4.11. The maximum atomic E-state index is 11.0. The second-order valence-electron chi connectivity index (χ2n) is 3.17. The first-order chi connectivity index (χ1) is 7.04. The zero-order chi connectivity index (χ0) is 11.4. The van der Waals surface area contributed by atoms with Crippen LogP contribution in [0.25, 0.3) is 0 Å². The molecule has 15 heavy (non-hydrogen) atoms. The molecule has 1 rings (SSSR count). The Labute approximate surface area is 92.6 Å². The Morgan fingerprint density at radius 3 is 2.93 bits per heavy atom. The molecule has 0 amide bonds. The van der Waals surface area contributed by atoms with Crippen LogP contribution >= 0.6 is 11.6 Å². The lowest BCUT2D eigenvalue weighted by atomic mass is 10.4. The van der Waals surface area contributed by atoms with Gasteiger partial charge in [-0.3, -0.25) is 4.79 Å². The van der Waals surface area contributed by atoms with Gasteiger partial charge in [-0.2, -0.15) is 0 Å². The normalized spacial score (nSPS) is 12.5. The smallest absolute Gasteiger partial charge is 0.244 e. The van der Waals surface area contributed by atoms with Gasteiger partial charge in [0.1, 0.15) is 12.7 Å². The minimum Gasteiger partial charge on any atom is -0.474 e. The number of carbonyl (C=O) groups is 1. The van der Waals surface area contributed by atoms with Crippen molar-refractivity contribution in [1.29, 1.82) is 0 Å². The summed E-state index contributed by atoms with van der Waals surface area (Å²) in [4.78, 5) is 11.0. The number of carbonyl (C=O) groups excluding carboxylic acids is 1. The van der Waals surface area contributed by atoms with E-state index in [1.54, 1.807) is 13.0 Å². The third kappa shape index (κ3) is 3.21. The van der Waals surface area contributed by atoms with Crippen LogP contribution in [-0.2, 0) is 0 Å². The van der Waals surface area contributed by atoms with Gasteiger partial charge >= 0.3 is 0 Å². The quantitative estimate of drug-likeness (QED) is 0.781. The molecule has 0 bridgehead atoms. The molecule has 1 heterocycles. The highest BCUT2D eigenvalue weighted by atomic mass is 35.5. The first kappa shape index (κ1) is 12.0. The molecular formula is C9H13ClN2O3. The van der Waals surface area contributed by atoms with Gasteiger partial charge < -0.3 is 9.84 Å². The number of nitrogens with zero attached hydrogens (tertiary/aromatic N) is 2. The number of rotatable bonds is 4. The molecule has 0 spiro atoms. The van der Waals surface area contributed by atoms with Crippen molar-refractivity contribution in [3.05, 3.63) is 11.8 Å². The molecule has 0 aliphatic rings. The Balaban J connectivity index is 2.63. The van der Waals surface area contributed by atoms with E-state index in [1.807, 2.05) is 0 Å². The summed E-state index contributed by atoms with van der Waals surface area (Å²) in [7, 11) is 0. The highest BCUT2D eigenvalue weighted by Gasteiger charge is 2.10. The number of aliphatic hydroxyl groups excluding tert-OH is 1. The number of alkyl halides is 1. The first-order valence-corrected chi connectivity index (χ1v) is 5.02. The molecule has 1 unspecified atom stereocenters. The molecule has 0 aliphatic heterocycles. The fraction of sp³-hybridized carbons (Fsp3) is 0.556. The van der Waals surface area contributed by atoms with E-state index in [1.165, 1.54) is 11.6 Å². The Morgan fingerprint density at radius 2 is 2.47 bits per heavy atom. The number of hydrogen-bond donors (Lipinski definition) is 1. The molecular weight excluding hydrogens is 220 g/mol. The molecule has 0 radical (unpaired) electrons. The fourth-order valence-corrected chi connectivity index (χ4v) is 1.15. The van der Waals surface area contributed by atoms with E-state index >= 15 is 0 Å². The highest BCUT2D eigenvalue weighted by Crippen LogP contribution is 2.11. The third-order valence-electron chi connectivity index (χ3n) is 1.77. The zero-order valence-corrected chi connectivity index (χ0v) is 9.36. The molecule has 0 aromatic carbocycles. The third-order valence-corrected chi connectivity index (χ3v) is 2.12. The summed E-state index contributed by atoms with van der Waals surface area (Å²) < 4.78 is 6.39. The van der Waals surface area contributed by atoms with Crippen LogP contribution in [0.15, 0.2) is 6.07 Å². The number of ether oxygens (including phenoxy) is 1. The van der Waals surface area contributed by atoms with E-state index in [4.69, 9.17) is 21.4 Å². The molecule has 0 aliphatic carbocycles. The van der Waals surface area contributed by atoms with Crippen molar-refractivity contribution >= 4 is 17.5 Å². The van der Waals surface area contributed by atoms with E-state index in [0.29, 0.717) is 11.6 Å². The van der Waals surface area contributed by atoms with Crippen LogP contribution in [0.4, 0.5) is 0 Å². The summed E-state index contributed by atoms with van der Waals surface area (Å²) in [6, 6.07) is 1.63. The molecule has 1 aromatic rings. The standard InChI is InChI=1S/C9H13ClN2O3/c1-6-3-9(11-12(6)7(2)13)15-5-8(14)4-10/h3,8,14H,4-5H2,1-2H3. The zero-order valence-electron chi connectivity index (χ0n) is 8.61. The summed E-state index contributed by atoms with van der Waals surface area (Å²) in [6.45, 7) is 3.23. The predicted octanol–water partition coefficient (Wildman–Crippen LogP) is 0.830. The maximum Gasteiger partial charge on any atom is 0.244 e. The van der Waals surface area contributed by atoms with Crippen LogP contribution in [-0.4, -0.2) is 39.4 Å². The SMILES string of the molecule is CC(=O)n1nc(OCC(O)CCl)cc1C. The van der Waals surface area contributed by atoms with E-state index in [2.05, 4.69) is 5.10 Å². The monoisotopic (exact) mass is 232 g/mol. The highest BCUT2D eigenvalue weighted by molar-refractivity contribution is 6.18. The molecule has 1 atom stereocenters. The van der Waals surface area contributed by atoms with Gasteiger partial charge in [-0.15, -0.1) is 16.7 Å². The minimum atomic E-state index is -0.727. The number of halogens is 1. The first-order valence-electron chi connectivity index (χ1n) is 4.49. The lowest BCUT2D eigenvalue weighted by Crippen LogP contribution is -2.19. The second kappa shape index (κ2) is 5.14. The van der Waals surface area contributed by atoms with Gasteiger partial charge in [0.15, 0.2) is 0 Å². The minimum absolute atomic E-state index is 0.0673. The average molecular weight is 233 g/mol. The van der Waals surface area contributed by atoms with Gasteiger partial charge in [0.05, 0.1) is 5.88 Å². The average Bonchev–Trinajstić information content (AvgIpc) is 2.56. The lowest BCUT2D eigenvalue weighted by Gasteiger charge is -2.06. The molecule has 6 heteroatoms. The van der Waals surface area contributed by atoms with Crippen LogP contribution in [0.1, 0.15) is 17.4 Å². The summed E-state index contributed by atoms with van der Waals surface area (Å²) in [5.74, 6) is 0.235. The van der Waals surface area contributed by atoms with Crippen LogP contribution in [0.5, 0.6) is 5.88 Å². The summed E-state index contributed by atoms with van der Waals surface area (Å²) in [5, 5.41) is 13.1. The van der Waals surface area contributed by atoms with E-state index in [0.717, 1.165) is 0 Å². The van der Waals surface area contributed by atoms with Crippen molar-refractivity contribution in [3.8, 4) is 5.88 Å². The Morgan fingerprint density at radius 1 is 1.80 bits per heavy atom. The van der Waals surface area contributed by atoms with Crippen molar-refractivity contribution in [1.82, 2.24) is 9.78 Å². The van der Waals surface area contributed by atoms with Crippen LogP contribution in [0.2, 0.25) is 0 Å². The fourth-order valence-electron chi connectivity index (χ4n) is 1.06. The van der Waals surface area contributed by atoms with Crippen molar-refractivity contribution in [2.45, 2.75) is 20.0 Å². The molecule has 1 aromatic heterocycles. The molecule has 0 saturated carbocycles. The molecule has 5 nitrogen and oxygen atoms in total. The predicted molar refractivity (Wildman–Crippen MR) is 55.5 cm³/mol. The van der Waals surface area contributed by atoms with Crippen LogP contribution in [0.3, 0.4) is 0 Å². The molecule has 0 saturated heterocycles. The summed E-state index contributed by atoms with van der Waals surface area (Å²) in [6.07, 6.45) is -0.727. The molecule has 0 fully saturated rings. The Bertz CT molecular complexity index is 351. The van der Waals surface area contributed by atoms with Gasteiger partial charge in [0.25, 0.3) is 0 Å². The van der Waals surface area contributed by atoms with Crippen LogP contribution in [0, 0.1) is 6.92 Å².